The minimum absolute atomic E-state index is 0.603. The molecule has 3 rings (SSSR count). The molecule has 2 fully saturated rings. The molecule has 1 aliphatic carbocycles. The van der Waals surface area contributed by atoms with Gasteiger partial charge < -0.3 is 14.8 Å². The molecule has 1 saturated heterocycles. The zero-order valence-electron chi connectivity index (χ0n) is 12.0. The highest BCUT2D eigenvalue weighted by atomic mass is 79.9. The van der Waals surface area contributed by atoms with Gasteiger partial charge in [0.25, 0.3) is 0 Å². The summed E-state index contributed by atoms with van der Waals surface area (Å²) in [5, 5.41) is 3.55. The number of hydrogen-bond acceptors (Lipinski definition) is 3. The van der Waals surface area contributed by atoms with Gasteiger partial charge in [0.2, 0.25) is 0 Å². The van der Waals surface area contributed by atoms with E-state index < -0.39 is 0 Å². The summed E-state index contributed by atoms with van der Waals surface area (Å²) in [4.78, 5) is 0. The number of rotatable bonds is 6. The van der Waals surface area contributed by atoms with Crippen molar-refractivity contribution in [3.63, 3.8) is 0 Å². The molecular formula is C16H22BrNO2. The van der Waals surface area contributed by atoms with Gasteiger partial charge in [-0.15, -0.1) is 0 Å². The average Bonchev–Trinajstić information content (AvgIpc) is 3.13. The number of hydrogen-bond donors (Lipinski definition) is 1. The number of nitrogens with one attached hydrogen (secondary N) is 1. The third-order valence-corrected chi connectivity index (χ3v) is 4.68. The van der Waals surface area contributed by atoms with E-state index in [0.717, 1.165) is 41.5 Å². The monoisotopic (exact) mass is 339 g/mol. The van der Waals surface area contributed by atoms with Gasteiger partial charge in [0.1, 0.15) is 0 Å². The van der Waals surface area contributed by atoms with Crippen LogP contribution in [0.25, 0.3) is 0 Å². The van der Waals surface area contributed by atoms with E-state index >= 15 is 0 Å². The van der Waals surface area contributed by atoms with Crippen LogP contribution in [0.3, 0.4) is 0 Å². The third kappa shape index (κ3) is 3.47. The lowest BCUT2D eigenvalue weighted by Gasteiger charge is -2.16. The fourth-order valence-corrected chi connectivity index (χ4v) is 3.40. The summed E-state index contributed by atoms with van der Waals surface area (Å²) in [5.41, 5.74) is 1.31. The number of methoxy groups -OCH3 is 1. The molecule has 1 aliphatic heterocycles. The van der Waals surface area contributed by atoms with E-state index in [0.29, 0.717) is 6.04 Å². The summed E-state index contributed by atoms with van der Waals surface area (Å²) in [5.74, 6) is 2.44. The first kappa shape index (κ1) is 14.2. The van der Waals surface area contributed by atoms with Crippen molar-refractivity contribution in [3.8, 4) is 11.5 Å². The van der Waals surface area contributed by atoms with Gasteiger partial charge >= 0.3 is 0 Å². The Kier molecular flexibility index (Phi) is 4.51. The Labute approximate surface area is 129 Å². The van der Waals surface area contributed by atoms with Crippen LogP contribution in [0.5, 0.6) is 11.5 Å². The smallest absolute Gasteiger partial charge is 0.174 e. The molecule has 0 aromatic heterocycles. The SMILES string of the molecule is COc1c(Br)cc(CC2CCCN2)cc1OCC1CC1. The molecule has 0 spiro atoms. The maximum atomic E-state index is 5.96. The van der Waals surface area contributed by atoms with E-state index in [1.165, 1.54) is 31.2 Å². The first-order valence-corrected chi connectivity index (χ1v) is 8.28. The van der Waals surface area contributed by atoms with Crippen molar-refractivity contribution < 1.29 is 9.47 Å². The van der Waals surface area contributed by atoms with Crippen LogP contribution in [0.4, 0.5) is 0 Å². The molecule has 2 aliphatic rings. The molecule has 1 atom stereocenters. The Morgan fingerprint density at radius 3 is 2.80 bits per heavy atom. The first-order chi connectivity index (χ1) is 9.76. The van der Waals surface area contributed by atoms with Crippen molar-refractivity contribution in [1.29, 1.82) is 0 Å². The van der Waals surface area contributed by atoms with Crippen LogP contribution in [-0.4, -0.2) is 26.3 Å². The molecule has 3 nitrogen and oxygen atoms in total. The molecule has 20 heavy (non-hydrogen) atoms. The largest absolute Gasteiger partial charge is 0.492 e. The summed E-state index contributed by atoms with van der Waals surface area (Å²) in [6, 6.07) is 4.90. The highest BCUT2D eigenvalue weighted by Gasteiger charge is 2.23. The van der Waals surface area contributed by atoms with Crippen LogP contribution < -0.4 is 14.8 Å². The maximum absolute atomic E-state index is 5.96. The molecule has 1 unspecified atom stereocenters. The standard InChI is InChI=1S/C16H22BrNO2/c1-19-16-14(17)8-12(7-13-3-2-6-18-13)9-15(16)20-10-11-4-5-11/h8-9,11,13,18H,2-7,10H2,1H3. The molecule has 1 aromatic rings. The van der Waals surface area contributed by atoms with Gasteiger partial charge in [0.05, 0.1) is 18.2 Å². The van der Waals surface area contributed by atoms with Crippen molar-refractivity contribution in [3.05, 3.63) is 22.2 Å². The van der Waals surface area contributed by atoms with Crippen LogP contribution in [-0.2, 0) is 6.42 Å². The zero-order chi connectivity index (χ0) is 13.9. The van der Waals surface area contributed by atoms with E-state index in [-0.39, 0.29) is 0 Å². The normalized spacial score (nSPS) is 22.0. The van der Waals surface area contributed by atoms with Gasteiger partial charge in [-0.1, -0.05) is 0 Å². The summed E-state index contributed by atoms with van der Waals surface area (Å²) < 4.78 is 12.4. The third-order valence-electron chi connectivity index (χ3n) is 4.09. The Bertz CT molecular complexity index is 468. The first-order valence-electron chi connectivity index (χ1n) is 7.49. The molecule has 1 heterocycles. The van der Waals surface area contributed by atoms with Crippen LogP contribution in [0, 0.1) is 5.92 Å². The summed E-state index contributed by atoms with van der Waals surface area (Å²) in [7, 11) is 1.70. The summed E-state index contributed by atoms with van der Waals surface area (Å²) in [6.07, 6.45) is 6.21. The maximum Gasteiger partial charge on any atom is 0.174 e. The topological polar surface area (TPSA) is 30.5 Å². The highest BCUT2D eigenvalue weighted by Crippen LogP contribution is 2.38. The van der Waals surface area contributed by atoms with E-state index in [4.69, 9.17) is 9.47 Å². The predicted molar refractivity (Wildman–Crippen MR) is 83.6 cm³/mol. The van der Waals surface area contributed by atoms with Gasteiger partial charge in [0, 0.05) is 6.04 Å². The van der Waals surface area contributed by atoms with Gasteiger partial charge in [-0.3, -0.25) is 0 Å². The van der Waals surface area contributed by atoms with Crippen molar-refractivity contribution in [2.24, 2.45) is 5.92 Å². The molecule has 0 bridgehead atoms. The van der Waals surface area contributed by atoms with Crippen molar-refractivity contribution in [1.82, 2.24) is 5.32 Å². The fourth-order valence-electron chi connectivity index (χ4n) is 2.75. The predicted octanol–water partition coefficient (Wildman–Crippen LogP) is 3.54. The number of ether oxygens (including phenoxy) is 2. The van der Waals surface area contributed by atoms with Gasteiger partial charge in [-0.25, -0.2) is 0 Å². The highest BCUT2D eigenvalue weighted by molar-refractivity contribution is 9.10. The quantitative estimate of drug-likeness (QED) is 0.859. The van der Waals surface area contributed by atoms with Crippen LogP contribution >= 0.6 is 15.9 Å². The van der Waals surface area contributed by atoms with E-state index in [2.05, 4.69) is 33.4 Å². The Balaban J connectivity index is 1.75. The van der Waals surface area contributed by atoms with Gasteiger partial charge in [0.15, 0.2) is 11.5 Å². The minimum atomic E-state index is 0.603. The average molecular weight is 340 g/mol. The van der Waals surface area contributed by atoms with Crippen molar-refractivity contribution in [2.75, 3.05) is 20.3 Å². The molecule has 4 heteroatoms. The van der Waals surface area contributed by atoms with E-state index in [1.807, 2.05) is 0 Å². The van der Waals surface area contributed by atoms with Gasteiger partial charge in [-0.05, 0) is 78.2 Å². The van der Waals surface area contributed by atoms with E-state index in [1.54, 1.807) is 7.11 Å². The molecule has 110 valence electrons. The second-order valence-corrected chi connectivity index (χ2v) is 6.72. The number of benzene rings is 1. The lowest BCUT2D eigenvalue weighted by atomic mass is 10.0. The van der Waals surface area contributed by atoms with Crippen LogP contribution in [0.2, 0.25) is 0 Å². The lowest BCUT2D eigenvalue weighted by Crippen LogP contribution is -2.23. The molecule has 1 N–H and O–H groups in total. The molecule has 0 amide bonds. The van der Waals surface area contributed by atoms with Crippen molar-refractivity contribution in [2.45, 2.75) is 38.1 Å². The van der Waals surface area contributed by atoms with Crippen LogP contribution in [0.15, 0.2) is 16.6 Å². The second-order valence-electron chi connectivity index (χ2n) is 5.86. The van der Waals surface area contributed by atoms with Gasteiger partial charge in [-0.2, -0.15) is 0 Å². The second kappa shape index (κ2) is 6.35. The minimum Gasteiger partial charge on any atom is -0.492 e. The fraction of sp³-hybridized carbons (Fsp3) is 0.625. The molecular weight excluding hydrogens is 318 g/mol. The molecule has 1 aromatic carbocycles. The lowest BCUT2D eigenvalue weighted by molar-refractivity contribution is 0.279. The molecule has 0 radical (unpaired) electrons. The van der Waals surface area contributed by atoms with Crippen LogP contribution in [0.1, 0.15) is 31.2 Å². The Morgan fingerprint density at radius 1 is 1.30 bits per heavy atom. The zero-order valence-corrected chi connectivity index (χ0v) is 13.5. The summed E-state index contributed by atoms with van der Waals surface area (Å²) >= 11 is 3.60. The molecule has 1 saturated carbocycles. The summed E-state index contributed by atoms with van der Waals surface area (Å²) in [6.45, 7) is 1.96. The van der Waals surface area contributed by atoms with E-state index in [9.17, 15) is 0 Å². The Hall–Kier alpha value is -0.740. The number of halogens is 1. The van der Waals surface area contributed by atoms with Crippen molar-refractivity contribution >= 4 is 15.9 Å². The Morgan fingerprint density at radius 2 is 2.15 bits per heavy atom.